The smallest absolute Gasteiger partial charge is 0.313 e. The Morgan fingerprint density at radius 1 is 1.26 bits per heavy atom. The standard InChI is InChI=1S/C18H26N2O3/c1-3-14-6-5-7-15(12-14)19-16(22)17(23)20-10-8-18(4-2,13-21)9-11-20/h5-7,12,21H,3-4,8-11,13H2,1-2H3,(H,19,22). The Kier molecular flexibility index (Phi) is 5.77. The van der Waals surface area contributed by atoms with E-state index in [0.717, 1.165) is 31.2 Å². The minimum Gasteiger partial charge on any atom is -0.396 e. The van der Waals surface area contributed by atoms with Crippen LogP contribution in [0.4, 0.5) is 5.69 Å². The van der Waals surface area contributed by atoms with Gasteiger partial charge in [0.2, 0.25) is 0 Å². The molecule has 0 unspecified atom stereocenters. The monoisotopic (exact) mass is 318 g/mol. The minimum atomic E-state index is -0.591. The van der Waals surface area contributed by atoms with Crippen molar-refractivity contribution in [1.29, 1.82) is 0 Å². The molecule has 2 N–H and O–H groups in total. The van der Waals surface area contributed by atoms with E-state index in [4.69, 9.17) is 0 Å². The van der Waals surface area contributed by atoms with E-state index in [1.165, 1.54) is 0 Å². The van der Waals surface area contributed by atoms with E-state index in [1.807, 2.05) is 25.1 Å². The number of nitrogens with zero attached hydrogens (tertiary/aromatic N) is 1. The van der Waals surface area contributed by atoms with Crippen molar-refractivity contribution in [3.8, 4) is 0 Å². The van der Waals surface area contributed by atoms with E-state index < -0.39 is 11.8 Å². The number of aryl methyl sites for hydroxylation is 1. The maximum atomic E-state index is 12.3. The summed E-state index contributed by atoms with van der Waals surface area (Å²) in [7, 11) is 0. The summed E-state index contributed by atoms with van der Waals surface area (Å²) >= 11 is 0. The minimum absolute atomic E-state index is 0.0945. The largest absolute Gasteiger partial charge is 0.396 e. The second-order valence-corrected chi connectivity index (χ2v) is 6.31. The number of amides is 2. The van der Waals surface area contributed by atoms with Gasteiger partial charge in [0, 0.05) is 25.4 Å². The summed E-state index contributed by atoms with van der Waals surface area (Å²) in [6.45, 7) is 5.29. The molecule has 0 atom stereocenters. The predicted octanol–water partition coefficient (Wildman–Crippen LogP) is 2.20. The van der Waals surface area contributed by atoms with Crippen LogP contribution in [0.25, 0.3) is 0 Å². The number of aliphatic hydroxyl groups is 1. The highest BCUT2D eigenvalue weighted by Crippen LogP contribution is 2.34. The average Bonchev–Trinajstić information content (AvgIpc) is 2.61. The molecule has 1 heterocycles. The molecule has 0 aromatic heterocycles. The second kappa shape index (κ2) is 7.59. The second-order valence-electron chi connectivity index (χ2n) is 6.31. The van der Waals surface area contributed by atoms with Crippen LogP contribution in [0.3, 0.4) is 0 Å². The maximum absolute atomic E-state index is 12.3. The molecule has 1 aromatic rings. The van der Waals surface area contributed by atoms with Crippen molar-refractivity contribution < 1.29 is 14.7 Å². The maximum Gasteiger partial charge on any atom is 0.313 e. The first kappa shape index (κ1) is 17.5. The average molecular weight is 318 g/mol. The van der Waals surface area contributed by atoms with Crippen LogP contribution >= 0.6 is 0 Å². The molecule has 0 bridgehead atoms. The van der Waals surface area contributed by atoms with E-state index in [2.05, 4.69) is 12.2 Å². The Morgan fingerprint density at radius 3 is 2.52 bits per heavy atom. The summed E-state index contributed by atoms with van der Waals surface area (Å²) in [5.41, 5.74) is 1.67. The van der Waals surface area contributed by atoms with Crippen LogP contribution in [0.2, 0.25) is 0 Å². The molecule has 2 rings (SSSR count). The molecule has 0 radical (unpaired) electrons. The number of likely N-dealkylation sites (tertiary alicyclic amines) is 1. The molecule has 0 spiro atoms. The van der Waals surface area contributed by atoms with Gasteiger partial charge in [0.15, 0.2) is 0 Å². The van der Waals surface area contributed by atoms with Crippen molar-refractivity contribution >= 4 is 17.5 Å². The molecule has 1 aromatic carbocycles. The van der Waals surface area contributed by atoms with Crippen LogP contribution in [-0.4, -0.2) is 41.5 Å². The highest BCUT2D eigenvalue weighted by Gasteiger charge is 2.35. The van der Waals surface area contributed by atoms with Gasteiger partial charge < -0.3 is 15.3 Å². The van der Waals surface area contributed by atoms with Crippen LogP contribution in [0.1, 0.15) is 38.7 Å². The van der Waals surface area contributed by atoms with Gasteiger partial charge in [-0.3, -0.25) is 9.59 Å². The fraction of sp³-hybridized carbons (Fsp3) is 0.556. The van der Waals surface area contributed by atoms with Gasteiger partial charge in [-0.05, 0) is 48.8 Å². The Bertz CT molecular complexity index is 557. The lowest BCUT2D eigenvalue weighted by atomic mass is 9.77. The van der Waals surface area contributed by atoms with E-state index in [1.54, 1.807) is 11.0 Å². The first-order valence-corrected chi connectivity index (χ1v) is 8.33. The molecular weight excluding hydrogens is 292 g/mol. The third-order valence-corrected chi connectivity index (χ3v) is 4.98. The number of carbonyl (C=O) groups is 2. The zero-order valence-corrected chi connectivity index (χ0v) is 14.0. The Hall–Kier alpha value is -1.88. The van der Waals surface area contributed by atoms with Gasteiger partial charge in [-0.25, -0.2) is 0 Å². The van der Waals surface area contributed by atoms with Crippen molar-refractivity contribution in [2.24, 2.45) is 5.41 Å². The number of hydrogen-bond acceptors (Lipinski definition) is 3. The number of benzene rings is 1. The number of carbonyl (C=O) groups excluding carboxylic acids is 2. The number of rotatable bonds is 4. The number of aliphatic hydroxyl groups excluding tert-OH is 1. The number of anilines is 1. The van der Waals surface area contributed by atoms with Gasteiger partial charge in [-0.2, -0.15) is 0 Å². The summed E-state index contributed by atoms with van der Waals surface area (Å²) < 4.78 is 0. The van der Waals surface area contributed by atoms with E-state index >= 15 is 0 Å². The molecule has 0 saturated carbocycles. The van der Waals surface area contributed by atoms with Crippen molar-refractivity contribution in [2.75, 3.05) is 25.0 Å². The molecule has 1 aliphatic heterocycles. The lowest BCUT2D eigenvalue weighted by molar-refractivity contribution is -0.145. The van der Waals surface area contributed by atoms with Crippen LogP contribution < -0.4 is 5.32 Å². The zero-order chi connectivity index (χ0) is 16.9. The van der Waals surface area contributed by atoms with Gasteiger partial charge in [-0.15, -0.1) is 0 Å². The van der Waals surface area contributed by atoms with Crippen molar-refractivity contribution in [1.82, 2.24) is 4.90 Å². The molecule has 1 saturated heterocycles. The summed E-state index contributed by atoms with van der Waals surface area (Å²) in [5.74, 6) is -1.08. The molecule has 126 valence electrons. The van der Waals surface area contributed by atoms with Gasteiger partial charge in [0.1, 0.15) is 0 Å². The third-order valence-electron chi connectivity index (χ3n) is 4.98. The van der Waals surface area contributed by atoms with Gasteiger partial charge in [-0.1, -0.05) is 26.0 Å². The summed E-state index contributed by atoms with van der Waals surface area (Å²) in [6.07, 6.45) is 3.25. The van der Waals surface area contributed by atoms with E-state index in [9.17, 15) is 14.7 Å². The molecule has 23 heavy (non-hydrogen) atoms. The molecule has 1 fully saturated rings. The molecule has 0 aliphatic carbocycles. The Balaban J connectivity index is 1.94. The molecule has 5 nitrogen and oxygen atoms in total. The topological polar surface area (TPSA) is 69.6 Å². The van der Waals surface area contributed by atoms with Gasteiger partial charge >= 0.3 is 11.8 Å². The van der Waals surface area contributed by atoms with E-state index in [-0.39, 0.29) is 12.0 Å². The lowest BCUT2D eigenvalue weighted by Gasteiger charge is -2.39. The van der Waals surface area contributed by atoms with E-state index in [0.29, 0.717) is 18.8 Å². The van der Waals surface area contributed by atoms with Gasteiger partial charge in [0.05, 0.1) is 0 Å². The molecule has 2 amide bonds. The summed E-state index contributed by atoms with van der Waals surface area (Å²) in [5, 5.41) is 12.2. The van der Waals surface area contributed by atoms with Crippen molar-refractivity contribution in [2.45, 2.75) is 39.5 Å². The van der Waals surface area contributed by atoms with Gasteiger partial charge in [0.25, 0.3) is 0 Å². The fourth-order valence-corrected chi connectivity index (χ4v) is 3.00. The SMILES string of the molecule is CCc1cccc(NC(=O)C(=O)N2CCC(CC)(CO)CC2)c1. The van der Waals surface area contributed by atoms with Crippen LogP contribution in [0.5, 0.6) is 0 Å². The van der Waals surface area contributed by atoms with Crippen molar-refractivity contribution in [3.63, 3.8) is 0 Å². The third kappa shape index (κ3) is 4.10. The number of hydrogen-bond donors (Lipinski definition) is 2. The predicted molar refractivity (Wildman–Crippen MR) is 90.1 cm³/mol. The lowest BCUT2D eigenvalue weighted by Crippen LogP contribution is -2.48. The van der Waals surface area contributed by atoms with Crippen LogP contribution in [-0.2, 0) is 16.0 Å². The van der Waals surface area contributed by atoms with Crippen LogP contribution in [0.15, 0.2) is 24.3 Å². The normalized spacial score (nSPS) is 16.9. The number of piperidine rings is 1. The first-order valence-electron chi connectivity index (χ1n) is 8.33. The quantitative estimate of drug-likeness (QED) is 0.836. The molecule has 5 heteroatoms. The fourth-order valence-electron chi connectivity index (χ4n) is 3.00. The molecular formula is C18H26N2O3. The Morgan fingerprint density at radius 2 is 1.96 bits per heavy atom. The summed E-state index contributed by atoms with van der Waals surface area (Å²) in [4.78, 5) is 26.0. The molecule has 1 aliphatic rings. The zero-order valence-electron chi connectivity index (χ0n) is 14.0. The summed E-state index contributed by atoms with van der Waals surface area (Å²) in [6, 6.07) is 7.53. The van der Waals surface area contributed by atoms with Crippen molar-refractivity contribution in [3.05, 3.63) is 29.8 Å². The highest BCUT2D eigenvalue weighted by atomic mass is 16.3. The number of nitrogens with one attached hydrogen (secondary N) is 1. The Labute approximate surface area is 137 Å². The first-order chi connectivity index (χ1) is 11.0. The highest BCUT2D eigenvalue weighted by molar-refractivity contribution is 6.39. The van der Waals surface area contributed by atoms with Crippen LogP contribution in [0, 0.1) is 5.41 Å².